The fraction of sp³-hybridized carbons (Fsp3) is 0.650. The first-order chi connectivity index (χ1) is 12.8. The van der Waals surface area contributed by atoms with E-state index in [-0.39, 0.29) is 29.0 Å². The molecule has 1 amide bonds. The second-order valence-electron chi connectivity index (χ2n) is 9.16. The van der Waals surface area contributed by atoms with E-state index in [2.05, 4.69) is 33.9 Å². The number of hydrogen-bond donors (Lipinski definition) is 1. The lowest BCUT2D eigenvalue weighted by Crippen LogP contribution is -2.49. The van der Waals surface area contributed by atoms with Crippen LogP contribution in [0.5, 0.6) is 0 Å². The van der Waals surface area contributed by atoms with Crippen molar-refractivity contribution >= 4 is 19.9 Å². The van der Waals surface area contributed by atoms with E-state index in [0.29, 0.717) is 13.0 Å². The molecule has 0 radical (unpaired) electrons. The lowest BCUT2D eigenvalue weighted by Gasteiger charge is -2.40. The van der Waals surface area contributed by atoms with E-state index in [0.717, 1.165) is 11.1 Å². The zero-order valence-corrected chi connectivity index (χ0v) is 18.9. The highest BCUT2D eigenvalue weighted by atomic mass is 28.4. The van der Waals surface area contributed by atoms with Gasteiger partial charge in [0.2, 0.25) is 0 Å². The molecule has 1 aliphatic heterocycles. The van der Waals surface area contributed by atoms with Crippen LogP contribution < -0.4 is 0 Å². The smallest absolute Gasteiger partial charge is 0.282 e. The molecule has 0 bridgehead atoms. The number of nitro groups is 1. The number of benzene rings is 1. The van der Waals surface area contributed by atoms with Gasteiger partial charge < -0.3 is 14.4 Å². The number of nitrogens with zero attached hydrogens (tertiary/aromatic N) is 2. The van der Waals surface area contributed by atoms with Crippen LogP contribution in [0.15, 0.2) is 12.1 Å². The van der Waals surface area contributed by atoms with Crippen LogP contribution >= 0.6 is 0 Å². The normalized spacial score (nSPS) is 20.5. The summed E-state index contributed by atoms with van der Waals surface area (Å²) < 4.78 is 6.45. The first-order valence-electron chi connectivity index (χ1n) is 9.65. The van der Waals surface area contributed by atoms with Crippen molar-refractivity contribution in [1.82, 2.24) is 4.90 Å². The Kier molecular flexibility index (Phi) is 6.37. The minimum atomic E-state index is -2.07. The Morgan fingerprint density at radius 2 is 1.89 bits per heavy atom. The lowest BCUT2D eigenvalue weighted by atomic mass is 10.0. The summed E-state index contributed by atoms with van der Waals surface area (Å²) in [5.74, 6) is -0.421. The van der Waals surface area contributed by atoms with Gasteiger partial charge in [0.15, 0.2) is 8.32 Å². The van der Waals surface area contributed by atoms with E-state index in [1.165, 1.54) is 11.0 Å². The summed E-state index contributed by atoms with van der Waals surface area (Å²) in [6.07, 6.45) is 0.350. The molecule has 156 valence electrons. The lowest BCUT2D eigenvalue weighted by molar-refractivity contribution is -0.385. The van der Waals surface area contributed by atoms with Crippen LogP contribution in [-0.2, 0) is 4.43 Å². The number of hydrogen-bond acceptors (Lipinski definition) is 5. The van der Waals surface area contributed by atoms with Gasteiger partial charge in [-0.3, -0.25) is 14.9 Å². The van der Waals surface area contributed by atoms with Gasteiger partial charge in [-0.05, 0) is 55.6 Å². The van der Waals surface area contributed by atoms with Gasteiger partial charge >= 0.3 is 0 Å². The van der Waals surface area contributed by atoms with Crippen molar-refractivity contribution in [3.8, 4) is 0 Å². The highest BCUT2D eigenvalue weighted by molar-refractivity contribution is 6.74. The number of carbonyl (C=O) groups is 1. The first kappa shape index (κ1) is 22.5. The molecule has 0 saturated carbocycles. The summed E-state index contributed by atoms with van der Waals surface area (Å²) in [5, 5.41) is 21.5. The molecule has 1 aromatic carbocycles. The van der Waals surface area contributed by atoms with Gasteiger partial charge in [-0.25, -0.2) is 0 Å². The fourth-order valence-electron chi connectivity index (χ4n) is 3.26. The minimum Gasteiger partial charge on any atom is -0.412 e. The maximum atomic E-state index is 13.2. The Hall–Kier alpha value is -1.77. The summed E-state index contributed by atoms with van der Waals surface area (Å²) in [7, 11) is -2.07. The Morgan fingerprint density at radius 3 is 2.39 bits per heavy atom. The second kappa shape index (κ2) is 7.92. The molecule has 1 fully saturated rings. The number of aliphatic hydroxyl groups is 1. The van der Waals surface area contributed by atoms with Crippen LogP contribution in [0.1, 0.15) is 48.7 Å². The summed E-state index contributed by atoms with van der Waals surface area (Å²) in [6.45, 7) is 14.5. The molecule has 2 rings (SSSR count). The second-order valence-corrected chi connectivity index (χ2v) is 13.9. The predicted octanol–water partition coefficient (Wildman–Crippen LogP) is 3.81. The third-order valence-electron chi connectivity index (χ3n) is 6.22. The van der Waals surface area contributed by atoms with Crippen LogP contribution in [0.3, 0.4) is 0 Å². The summed E-state index contributed by atoms with van der Waals surface area (Å²) in [4.78, 5) is 25.7. The average Bonchev–Trinajstić information content (AvgIpc) is 2.96. The molecule has 1 saturated heterocycles. The number of amides is 1. The summed E-state index contributed by atoms with van der Waals surface area (Å²) >= 11 is 0. The molecule has 2 atom stereocenters. The Morgan fingerprint density at radius 1 is 1.32 bits per heavy atom. The van der Waals surface area contributed by atoms with Crippen LogP contribution in [-0.4, -0.2) is 54.5 Å². The van der Waals surface area contributed by atoms with Crippen LogP contribution in [0.25, 0.3) is 0 Å². The number of carbonyl (C=O) groups excluding carboxylic acids is 1. The quantitative estimate of drug-likeness (QED) is 0.454. The van der Waals surface area contributed by atoms with Crippen molar-refractivity contribution in [2.75, 3.05) is 13.2 Å². The third kappa shape index (κ3) is 4.29. The maximum absolute atomic E-state index is 13.2. The molecule has 0 aromatic heterocycles. The topological polar surface area (TPSA) is 92.9 Å². The van der Waals surface area contributed by atoms with Crippen LogP contribution in [0.2, 0.25) is 18.1 Å². The molecule has 0 spiro atoms. The van der Waals surface area contributed by atoms with Gasteiger partial charge in [-0.15, -0.1) is 0 Å². The largest absolute Gasteiger partial charge is 0.412 e. The SMILES string of the molecule is Cc1cc(C(=O)N2CC[C@H](O[Si](C)(C)C(C)(C)C)[C@H]2CO)c([N+](=O)[O-])cc1C. The molecule has 7 nitrogen and oxygen atoms in total. The number of aryl methyl sites for hydroxylation is 2. The molecule has 1 heterocycles. The molecule has 1 aliphatic rings. The molecule has 0 aliphatic carbocycles. The summed E-state index contributed by atoms with van der Waals surface area (Å²) in [6, 6.07) is 2.52. The predicted molar refractivity (Wildman–Crippen MR) is 111 cm³/mol. The van der Waals surface area contributed by atoms with Gasteiger partial charge in [0, 0.05) is 12.6 Å². The minimum absolute atomic E-state index is 0.0112. The van der Waals surface area contributed by atoms with Crippen molar-refractivity contribution in [2.24, 2.45) is 0 Å². The van der Waals surface area contributed by atoms with Crippen molar-refractivity contribution in [1.29, 1.82) is 0 Å². The average molecular weight is 409 g/mol. The molecule has 8 heteroatoms. The molecule has 1 aromatic rings. The number of aliphatic hydroxyl groups excluding tert-OH is 1. The number of likely N-dealkylation sites (tertiary alicyclic amines) is 1. The monoisotopic (exact) mass is 408 g/mol. The van der Waals surface area contributed by atoms with Gasteiger partial charge in [0.1, 0.15) is 5.56 Å². The van der Waals surface area contributed by atoms with E-state index in [1.54, 1.807) is 13.0 Å². The van der Waals surface area contributed by atoms with Crippen LogP contribution in [0, 0.1) is 24.0 Å². The standard InChI is InChI=1S/C20H32N2O5Si/c1-13-10-15(16(22(25)26)11-14(13)2)19(24)21-9-8-18(17(21)12-23)27-28(6,7)20(3,4)5/h10-11,17-18,23H,8-9,12H2,1-7H3/t17-,18+/m1/s1. The molecule has 28 heavy (non-hydrogen) atoms. The van der Waals surface area contributed by atoms with Crippen LogP contribution in [0.4, 0.5) is 5.69 Å². The van der Waals surface area contributed by atoms with Gasteiger partial charge in [-0.2, -0.15) is 0 Å². The molecule has 0 unspecified atom stereocenters. The zero-order chi connectivity index (χ0) is 21.4. The van der Waals surface area contributed by atoms with E-state index in [4.69, 9.17) is 4.43 Å². The fourth-order valence-corrected chi connectivity index (χ4v) is 4.65. The van der Waals surface area contributed by atoms with Crippen molar-refractivity contribution < 1.29 is 19.3 Å². The van der Waals surface area contributed by atoms with Gasteiger partial charge in [0.25, 0.3) is 11.6 Å². The third-order valence-corrected chi connectivity index (χ3v) is 10.7. The Bertz CT molecular complexity index is 773. The Balaban J connectivity index is 2.33. The van der Waals surface area contributed by atoms with E-state index < -0.39 is 25.2 Å². The zero-order valence-electron chi connectivity index (χ0n) is 17.9. The van der Waals surface area contributed by atoms with E-state index in [1.807, 2.05) is 6.92 Å². The highest BCUT2D eigenvalue weighted by Crippen LogP contribution is 2.39. The molecular formula is C20H32N2O5Si. The highest BCUT2D eigenvalue weighted by Gasteiger charge is 2.45. The number of rotatable bonds is 5. The van der Waals surface area contributed by atoms with E-state index in [9.17, 15) is 20.0 Å². The van der Waals surface area contributed by atoms with Crippen molar-refractivity contribution in [3.63, 3.8) is 0 Å². The maximum Gasteiger partial charge on any atom is 0.282 e. The Labute approximate surface area is 168 Å². The van der Waals surface area contributed by atoms with Crippen molar-refractivity contribution in [3.05, 3.63) is 38.9 Å². The molecular weight excluding hydrogens is 376 g/mol. The van der Waals surface area contributed by atoms with E-state index >= 15 is 0 Å². The summed E-state index contributed by atoms with van der Waals surface area (Å²) in [5.41, 5.74) is 1.46. The number of nitro benzene ring substituents is 1. The first-order valence-corrected chi connectivity index (χ1v) is 12.6. The van der Waals surface area contributed by atoms with Gasteiger partial charge in [0.05, 0.1) is 23.7 Å². The van der Waals surface area contributed by atoms with Crippen molar-refractivity contribution in [2.45, 2.75) is 71.3 Å². The molecule has 1 N–H and O–H groups in total. The van der Waals surface area contributed by atoms with Gasteiger partial charge in [-0.1, -0.05) is 20.8 Å².